The standard InChI is InChI=1S/C12H14Cl2F3N3/c1-18-10-8(13)6-9(14)11(19-10)20-4-2-7(3-5-20)12(15,16)17/h6-7H,2-5H2,1H3,(H,18,19). The predicted octanol–water partition coefficient (Wildman–Crippen LogP) is 4.21. The molecule has 112 valence electrons. The van der Waals surface area contributed by atoms with Crippen molar-refractivity contribution in [2.75, 3.05) is 30.4 Å². The molecule has 1 aromatic heterocycles. The number of hydrogen-bond donors (Lipinski definition) is 1. The first-order valence-electron chi connectivity index (χ1n) is 6.18. The van der Waals surface area contributed by atoms with Crippen LogP contribution in [0.4, 0.5) is 24.8 Å². The summed E-state index contributed by atoms with van der Waals surface area (Å²) in [6.07, 6.45) is -4.02. The SMILES string of the molecule is CNc1nc(N2CCC(C(F)(F)F)CC2)c(Cl)cc1Cl. The van der Waals surface area contributed by atoms with E-state index in [0.717, 1.165) is 0 Å². The smallest absolute Gasteiger partial charge is 0.372 e. The van der Waals surface area contributed by atoms with Crippen LogP contribution in [0.2, 0.25) is 10.0 Å². The number of alkyl halides is 3. The van der Waals surface area contributed by atoms with Crippen molar-refractivity contribution in [1.29, 1.82) is 0 Å². The van der Waals surface area contributed by atoms with Crippen LogP contribution in [0.1, 0.15) is 12.8 Å². The zero-order chi connectivity index (χ0) is 14.9. The molecule has 1 fully saturated rings. The molecule has 20 heavy (non-hydrogen) atoms. The zero-order valence-electron chi connectivity index (χ0n) is 10.8. The Bertz CT molecular complexity index is 486. The van der Waals surface area contributed by atoms with Crippen LogP contribution in [0, 0.1) is 5.92 Å². The number of nitrogens with zero attached hydrogens (tertiary/aromatic N) is 2. The third kappa shape index (κ3) is 3.23. The molecule has 1 N–H and O–H groups in total. The van der Waals surface area contributed by atoms with Gasteiger partial charge in [-0.05, 0) is 18.9 Å². The van der Waals surface area contributed by atoms with Crippen LogP contribution in [0.3, 0.4) is 0 Å². The number of pyridine rings is 1. The van der Waals surface area contributed by atoms with Crippen LogP contribution in [-0.4, -0.2) is 31.3 Å². The van der Waals surface area contributed by atoms with Crippen molar-refractivity contribution in [2.45, 2.75) is 19.0 Å². The van der Waals surface area contributed by atoms with E-state index in [1.165, 1.54) is 0 Å². The molecule has 3 nitrogen and oxygen atoms in total. The average Bonchev–Trinajstić information content (AvgIpc) is 2.38. The fourth-order valence-corrected chi connectivity index (χ4v) is 2.85. The maximum atomic E-state index is 12.6. The van der Waals surface area contributed by atoms with Gasteiger partial charge in [0.25, 0.3) is 0 Å². The van der Waals surface area contributed by atoms with E-state index in [1.807, 2.05) is 0 Å². The van der Waals surface area contributed by atoms with E-state index in [9.17, 15) is 13.2 Å². The van der Waals surface area contributed by atoms with Crippen molar-refractivity contribution >= 4 is 34.8 Å². The van der Waals surface area contributed by atoms with Gasteiger partial charge in [0.05, 0.1) is 16.0 Å². The second-order valence-corrected chi connectivity index (χ2v) is 5.49. The molecule has 1 aromatic rings. The Balaban J connectivity index is 2.15. The van der Waals surface area contributed by atoms with Gasteiger partial charge in [0.15, 0.2) is 0 Å². The molecule has 0 spiro atoms. The fourth-order valence-electron chi connectivity index (χ4n) is 2.27. The first kappa shape index (κ1) is 15.5. The molecule has 1 saturated heterocycles. The van der Waals surface area contributed by atoms with Gasteiger partial charge in [0.2, 0.25) is 0 Å². The van der Waals surface area contributed by atoms with Crippen LogP contribution >= 0.6 is 23.2 Å². The van der Waals surface area contributed by atoms with E-state index in [1.54, 1.807) is 18.0 Å². The van der Waals surface area contributed by atoms with E-state index in [0.29, 0.717) is 21.7 Å². The molecule has 0 saturated carbocycles. The number of rotatable bonds is 2. The summed E-state index contributed by atoms with van der Waals surface area (Å²) in [5, 5.41) is 3.55. The zero-order valence-corrected chi connectivity index (χ0v) is 12.3. The van der Waals surface area contributed by atoms with Gasteiger partial charge in [-0.2, -0.15) is 13.2 Å². The van der Waals surface area contributed by atoms with Crippen LogP contribution in [0.15, 0.2) is 6.07 Å². The van der Waals surface area contributed by atoms with E-state index >= 15 is 0 Å². The summed E-state index contributed by atoms with van der Waals surface area (Å²) in [6.45, 7) is 0.559. The largest absolute Gasteiger partial charge is 0.391 e. The lowest BCUT2D eigenvalue weighted by Crippen LogP contribution is -2.39. The maximum absolute atomic E-state index is 12.6. The first-order chi connectivity index (χ1) is 9.32. The Morgan fingerprint density at radius 1 is 1.25 bits per heavy atom. The highest BCUT2D eigenvalue weighted by molar-refractivity contribution is 6.37. The van der Waals surface area contributed by atoms with Crippen molar-refractivity contribution in [3.63, 3.8) is 0 Å². The topological polar surface area (TPSA) is 28.2 Å². The lowest BCUT2D eigenvalue weighted by molar-refractivity contribution is -0.179. The molecule has 2 heterocycles. The van der Waals surface area contributed by atoms with Crippen molar-refractivity contribution in [1.82, 2.24) is 4.98 Å². The van der Waals surface area contributed by atoms with Crippen molar-refractivity contribution in [3.05, 3.63) is 16.1 Å². The fraction of sp³-hybridized carbons (Fsp3) is 0.583. The molecule has 1 aliphatic heterocycles. The van der Waals surface area contributed by atoms with Gasteiger partial charge in [-0.15, -0.1) is 0 Å². The third-order valence-corrected chi connectivity index (χ3v) is 3.97. The molecule has 0 bridgehead atoms. The molecule has 2 rings (SSSR count). The summed E-state index contributed by atoms with van der Waals surface area (Å²) in [4.78, 5) is 6.04. The molecule has 8 heteroatoms. The van der Waals surface area contributed by atoms with E-state index in [-0.39, 0.29) is 25.9 Å². The molecule has 0 atom stereocenters. The molecule has 1 aliphatic rings. The Morgan fingerprint density at radius 2 is 1.85 bits per heavy atom. The minimum atomic E-state index is -4.13. The van der Waals surface area contributed by atoms with Gasteiger partial charge >= 0.3 is 6.18 Å². The Labute approximate surface area is 125 Å². The highest BCUT2D eigenvalue weighted by Gasteiger charge is 2.41. The van der Waals surface area contributed by atoms with Crippen LogP contribution in [0.5, 0.6) is 0 Å². The lowest BCUT2D eigenvalue weighted by atomic mass is 9.96. The van der Waals surface area contributed by atoms with Gasteiger partial charge in [-0.3, -0.25) is 0 Å². The second kappa shape index (κ2) is 5.85. The Hall–Kier alpha value is -0.880. The summed E-state index contributed by atoms with van der Waals surface area (Å²) in [7, 11) is 1.67. The summed E-state index contributed by atoms with van der Waals surface area (Å²) in [6, 6.07) is 1.55. The molecule has 0 amide bonds. The minimum absolute atomic E-state index is 0.0546. The van der Waals surface area contributed by atoms with Gasteiger partial charge in [-0.25, -0.2) is 4.98 Å². The number of nitrogens with one attached hydrogen (secondary N) is 1. The maximum Gasteiger partial charge on any atom is 0.391 e. The summed E-state index contributed by atoms with van der Waals surface area (Å²) < 4.78 is 37.9. The first-order valence-corrected chi connectivity index (χ1v) is 6.94. The van der Waals surface area contributed by atoms with Gasteiger partial charge in [0.1, 0.15) is 11.6 Å². The minimum Gasteiger partial charge on any atom is -0.372 e. The van der Waals surface area contributed by atoms with Gasteiger partial charge in [0, 0.05) is 20.1 Å². The summed E-state index contributed by atoms with van der Waals surface area (Å²) in [5.74, 6) is -0.307. The second-order valence-electron chi connectivity index (χ2n) is 4.68. The number of hydrogen-bond acceptors (Lipinski definition) is 3. The van der Waals surface area contributed by atoms with Crippen molar-refractivity contribution in [2.24, 2.45) is 5.92 Å². The quantitative estimate of drug-likeness (QED) is 0.881. The van der Waals surface area contributed by atoms with Crippen LogP contribution in [0.25, 0.3) is 0 Å². The predicted molar refractivity (Wildman–Crippen MR) is 74.8 cm³/mol. The van der Waals surface area contributed by atoms with Crippen molar-refractivity contribution in [3.8, 4) is 0 Å². The monoisotopic (exact) mass is 327 g/mol. The highest BCUT2D eigenvalue weighted by atomic mass is 35.5. The van der Waals surface area contributed by atoms with E-state index < -0.39 is 12.1 Å². The molecule has 0 aromatic carbocycles. The molecule has 0 radical (unpaired) electrons. The third-order valence-electron chi connectivity index (χ3n) is 3.41. The Morgan fingerprint density at radius 3 is 2.35 bits per heavy atom. The van der Waals surface area contributed by atoms with Gasteiger partial charge < -0.3 is 10.2 Å². The van der Waals surface area contributed by atoms with E-state index in [4.69, 9.17) is 23.2 Å². The van der Waals surface area contributed by atoms with E-state index in [2.05, 4.69) is 10.3 Å². The highest BCUT2D eigenvalue weighted by Crippen LogP contribution is 2.37. The van der Waals surface area contributed by atoms with Gasteiger partial charge in [-0.1, -0.05) is 23.2 Å². The average molecular weight is 328 g/mol. The molecule has 0 unspecified atom stereocenters. The normalized spacial score (nSPS) is 17.4. The molecular weight excluding hydrogens is 314 g/mol. The molecular formula is C12H14Cl2F3N3. The lowest BCUT2D eigenvalue weighted by Gasteiger charge is -2.34. The van der Waals surface area contributed by atoms with Crippen LogP contribution in [-0.2, 0) is 0 Å². The molecule has 0 aliphatic carbocycles. The van der Waals surface area contributed by atoms with Crippen molar-refractivity contribution < 1.29 is 13.2 Å². The Kier molecular flexibility index (Phi) is 4.54. The number of anilines is 2. The summed E-state index contributed by atoms with van der Waals surface area (Å²) >= 11 is 12.0. The number of aromatic nitrogens is 1. The number of piperidine rings is 1. The summed E-state index contributed by atoms with van der Waals surface area (Å²) in [5.41, 5.74) is 0. The number of halogens is 5. The van der Waals surface area contributed by atoms with Crippen LogP contribution < -0.4 is 10.2 Å².